The summed E-state index contributed by atoms with van der Waals surface area (Å²) in [7, 11) is 0. The summed E-state index contributed by atoms with van der Waals surface area (Å²) in [5.74, 6) is -0.899. The molecule has 8 nitrogen and oxygen atoms in total. The van der Waals surface area contributed by atoms with Crippen LogP contribution in [0.3, 0.4) is 0 Å². The summed E-state index contributed by atoms with van der Waals surface area (Å²) in [5.41, 5.74) is 3.17. The average Bonchev–Trinajstić information content (AvgIpc) is 3.34. The zero-order chi connectivity index (χ0) is 24.9. The van der Waals surface area contributed by atoms with E-state index in [1.807, 2.05) is 0 Å². The number of fused-ring (bicyclic) bond motifs is 3. The second kappa shape index (κ2) is 8.90. The summed E-state index contributed by atoms with van der Waals surface area (Å²) in [6.45, 7) is 2.36. The minimum atomic E-state index is -1.30. The molecule has 36 heavy (non-hydrogen) atoms. The summed E-state index contributed by atoms with van der Waals surface area (Å²) in [4.78, 5) is 27.3. The van der Waals surface area contributed by atoms with Gasteiger partial charge in [-0.3, -0.25) is 14.8 Å². The van der Waals surface area contributed by atoms with Gasteiger partial charge < -0.3 is 14.4 Å². The molecular weight excluding hydrogens is 487 g/mol. The van der Waals surface area contributed by atoms with E-state index in [1.54, 1.807) is 21.8 Å². The van der Waals surface area contributed by atoms with Crippen LogP contribution in [0.2, 0.25) is 5.02 Å². The fraction of sp³-hybridized carbons (Fsp3) is 0.346. The Kier molecular flexibility index (Phi) is 5.69. The third-order valence-electron chi connectivity index (χ3n) is 7.09. The number of hydrogen-bond acceptors (Lipinski definition) is 5. The van der Waals surface area contributed by atoms with Gasteiger partial charge in [0.15, 0.2) is 11.4 Å². The van der Waals surface area contributed by atoms with Crippen LogP contribution >= 0.6 is 11.6 Å². The number of anilines is 1. The maximum atomic E-state index is 15.1. The number of ether oxygens (including phenoxy) is 2. The quantitative estimate of drug-likeness (QED) is 0.561. The Morgan fingerprint density at radius 3 is 3.03 bits per heavy atom. The van der Waals surface area contributed by atoms with Gasteiger partial charge in [0.1, 0.15) is 0 Å². The van der Waals surface area contributed by atoms with Gasteiger partial charge in [0.25, 0.3) is 5.91 Å². The minimum absolute atomic E-state index is 0.0273. The van der Waals surface area contributed by atoms with Crippen LogP contribution in [0.25, 0.3) is 0 Å². The first kappa shape index (κ1) is 23.0. The zero-order valence-electron chi connectivity index (χ0n) is 19.4. The highest BCUT2D eigenvalue weighted by Gasteiger charge is 2.48. The third-order valence-corrected chi connectivity index (χ3v) is 7.38. The summed E-state index contributed by atoms with van der Waals surface area (Å²) >= 11 is 6.05. The van der Waals surface area contributed by atoms with E-state index in [9.17, 15) is 9.59 Å². The molecule has 1 saturated heterocycles. The molecule has 1 spiro atoms. The van der Waals surface area contributed by atoms with Crippen LogP contribution in [0.4, 0.5) is 14.9 Å². The molecular formula is C26H24ClFN4O4. The summed E-state index contributed by atoms with van der Waals surface area (Å²) in [6.07, 6.45) is 4.40. The second-order valence-corrected chi connectivity index (χ2v) is 9.86. The second-order valence-electron chi connectivity index (χ2n) is 9.46. The maximum Gasteiger partial charge on any atom is 0.412 e. The number of carbonyl (C=O) groups excluding carboxylic acids is 2. The molecule has 1 N–H and O–H groups in total. The van der Waals surface area contributed by atoms with Crippen LogP contribution in [0, 0.1) is 5.82 Å². The highest BCUT2D eigenvalue weighted by Crippen LogP contribution is 2.45. The normalized spacial score (nSPS) is 20.9. The first-order valence-corrected chi connectivity index (χ1v) is 12.3. The Labute approximate surface area is 211 Å². The van der Waals surface area contributed by atoms with Gasteiger partial charge in [-0.05, 0) is 48.1 Å². The molecule has 1 aromatic heterocycles. The summed E-state index contributed by atoms with van der Waals surface area (Å²) in [5, 5.41) is 6.85. The standard InChI is InChI=1S/C26H24ClFN4O4/c27-20-4-5-21-22(23(20)28)26(36-25(34)30-21)7-1-8-31(15-26)24(33)19-11-29-32(13-19)12-16-2-3-17-6-9-35-14-18(17)10-16/h2-5,10-11,13H,1,6-9,12,14-15H2,(H,30,34)/t26-/m0/s1. The van der Waals surface area contributed by atoms with E-state index < -0.39 is 17.5 Å². The fourth-order valence-electron chi connectivity index (χ4n) is 5.40. The van der Waals surface area contributed by atoms with Gasteiger partial charge in [-0.15, -0.1) is 0 Å². The third kappa shape index (κ3) is 4.02. The molecule has 0 radical (unpaired) electrons. The van der Waals surface area contributed by atoms with Crippen molar-refractivity contribution in [3.05, 3.63) is 81.4 Å². The lowest BCUT2D eigenvalue weighted by Crippen LogP contribution is -2.53. The van der Waals surface area contributed by atoms with Crippen LogP contribution in [-0.2, 0) is 34.6 Å². The van der Waals surface area contributed by atoms with E-state index in [4.69, 9.17) is 21.1 Å². The molecule has 2 amide bonds. The van der Waals surface area contributed by atoms with Crippen LogP contribution in [-0.4, -0.2) is 46.4 Å². The monoisotopic (exact) mass is 510 g/mol. The van der Waals surface area contributed by atoms with Gasteiger partial charge in [0, 0.05) is 12.7 Å². The molecule has 0 unspecified atom stereocenters. The predicted octanol–water partition coefficient (Wildman–Crippen LogP) is 4.49. The van der Waals surface area contributed by atoms with Crippen molar-refractivity contribution in [1.29, 1.82) is 0 Å². The van der Waals surface area contributed by atoms with Crippen molar-refractivity contribution >= 4 is 29.3 Å². The Morgan fingerprint density at radius 1 is 1.25 bits per heavy atom. The molecule has 0 saturated carbocycles. The molecule has 1 atom stereocenters. The van der Waals surface area contributed by atoms with Gasteiger partial charge in [-0.1, -0.05) is 29.8 Å². The molecule has 1 fully saturated rings. The molecule has 0 bridgehead atoms. The van der Waals surface area contributed by atoms with Crippen molar-refractivity contribution in [3.63, 3.8) is 0 Å². The van der Waals surface area contributed by atoms with E-state index in [0.29, 0.717) is 43.8 Å². The highest BCUT2D eigenvalue weighted by atomic mass is 35.5. The first-order valence-electron chi connectivity index (χ1n) is 11.9. The van der Waals surface area contributed by atoms with E-state index in [1.165, 1.54) is 23.4 Å². The number of halogens is 2. The number of nitrogens with one attached hydrogen (secondary N) is 1. The Balaban J connectivity index is 1.23. The van der Waals surface area contributed by atoms with Crippen LogP contribution in [0.1, 0.15) is 45.5 Å². The van der Waals surface area contributed by atoms with E-state index >= 15 is 4.39 Å². The number of amides is 2. The number of benzene rings is 2. The van der Waals surface area contributed by atoms with Crippen molar-refractivity contribution in [2.24, 2.45) is 0 Å². The number of likely N-dealkylation sites (tertiary alicyclic amines) is 1. The smallest absolute Gasteiger partial charge is 0.412 e. The van der Waals surface area contributed by atoms with E-state index in [0.717, 1.165) is 18.6 Å². The average molecular weight is 511 g/mol. The molecule has 6 rings (SSSR count). The first-order chi connectivity index (χ1) is 17.4. The van der Waals surface area contributed by atoms with Gasteiger partial charge in [0.2, 0.25) is 0 Å². The number of hydrogen-bond donors (Lipinski definition) is 1. The minimum Gasteiger partial charge on any atom is -0.436 e. The Morgan fingerprint density at radius 2 is 2.14 bits per heavy atom. The molecule has 10 heteroatoms. The SMILES string of the molecule is O=C1Nc2ccc(Cl)c(F)c2[C@@]2(CCCN(C(=O)c3cnn(Cc4ccc5c(c4)COCC5)c3)C2)O1. The van der Waals surface area contributed by atoms with Crippen LogP contribution in [0.15, 0.2) is 42.7 Å². The molecule has 3 aliphatic heterocycles. The zero-order valence-corrected chi connectivity index (χ0v) is 20.2. The summed E-state index contributed by atoms with van der Waals surface area (Å²) in [6, 6.07) is 9.27. The predicted molar refractivity (Wildman–Crippen MR) is 129 cm³/mol. The van der Waals surface area contributed by atoms with Crippen molar-refractivity contribution < 1.29 is 23.5 Å². The van der Waals surface area contributed by atoms with Crippen molar-refractivity contribution in [1.82, 2.24) is 14.7 Å². The number of nitrogens with zero attached hydrogens (tertiary/aromatic N) is 3. The van der Waals surface area contributed by atoms with E-state index in [2.05, 4.69) is 28.6 Å². The molecule has 2 aromatic carbocycles. The van der Waals surface area contributed by atoms with Gasteiger partial charge in [0.05, 0.1) is 54.3 Å². The Hall–Kier alpha value is -3.43. The molecule has 3 aromatic rings. The van der Waals surface area contributed by atoms with Crippen LogP contribution < -0.4 is 5.32 Å². The lowest BCUT2D eigenvalue weighted by Gasteiger charge is -2.45. The number of piperidine rings is 1. The molecule has 3 aliphatic rings. The van der Waals surface area contributed by atoms with Gasteiger partial charge >= 0.3 is 6.09 Å². The fourth-order valence-corrected chi connectivity index (χ4v) is 5.55. The Bertz CT molecular complexity index is 1380. The van der Waals surface area contributed by atoms with Crippen LogP contribution in [0.5, 0.6) is 0 Å². The van der Waals surface area contributed by atoms with Gasteiger partial charge in [-0.25, -0.2) is 9.18 Å². The highest BCUT2D eigenvalue weighted by molar-refractivity contribution is 6.31. The number of carbonyl (C=O) groups is 2. The molecule has 4 heterocycles. The lowest BCUT2D eigenvalue weighted by molar-refractivity contribution is -0.0418. The van der Waals surface area contributed by atoms with Crippen molar-refractivity contribution in [3.8, 4) is 0 Å². The number of rotatable bonds is 3. The van der Waals surface area contributed by atoms with Crippen molar-refractivity contribution in [2.75, 3.05) is 25.0 Å². The van der Waals surface area contributed by atoms with E-state index in [-0.39, 0.29) is 23.0 Å². The molecule has 186 valence electrons. The summed E-state index contributed by atoms with van der Waals surface area (Å²) < 4.78 is 28.0. The largest absolute Gasteiger partial charge is 0.436 e. The number of aromatic nitrogens is 2. The van der Waals surface area contributed by atoms with Gasteiger partial charge in [-0.2, -0.15) is 5.10 Å². The van der Waals surface area contributed by atoms with Crippen molar-refractivity contribution in [2.45, 2.75) is 38.0 Å². The molecule has 0 aliphatic carbocycles. The lowest BCUT2D eigenvalue weighted by atomic mass is 9.83. The maximum absolute atomic E-state index is 15.1. The topological polar surface area (TPSA) is 85.7 Å².